The molecule has 0 aromatic heterocycles. The van der Waals surface area contributed by atoms with Crippen LogP contribution in [0, 0.1) is 5.92 Å². The predicted molar refractivity (Wildman–Crippen MR) is 53.1 cm³/mol. The van der Waals surface area contributed by atoms with Crippen molar-refractivity contribution in [3.63, 3.8) is 0 Å². The molecule has 0 fully saturated rings. The second kappa shape index (κ2) is 5.99. The van der Waals surface area contributed by atoms with Crippen LogP contribution in [0.4, 0.5) is 0 Å². The molecule has 0 rings (SSSR count). The number of rotatable bonds is 6. The Hall–Kier alpha value is -0.590. The number of carbonyl (C=O) groups excluding carboxylic acids is 1. The van der Waals surface area contributed by atoms with Crippen LogP contribution in [-0.2, 0) is 4.79 Å². The summed E-state index contributed by atoms with van der Waals surface area (Å²) >= 11 is 0. The minimum absolute atomic E-state index is 0.249. The molecule has 0 radical (unpaired) electrons. The van der Waals surface area contributed by atoms with Crippen LogP contribution < -0.4 is 0 Å². The van der Waals surface area contributed by atoms with Gasteiger partial charge in [-0.2, -0.15) is 0 Å². The maximum Gasteiger partial charge on any atom is 0.158 e. The van der Waals surface area contributed by atoms with E-state index in [0.29, 0.717) is 12.3 Å². The first-order chi connectivity index (χ1) is 5.57. The minimum atomic E-state index is 0.249. The van der Waals surface area contributed by atoms with E-state index in [1.54, 1.807) is 0 Å². The lowest BCUT2D eigenvalue weighted by atomic mass is 9.99. The zero-order valence-corrected chi connectivity index (χ0v) is 8.52. The highest BCUT2D eigenvalue weighted by Crippen LogP contribution is 2.11. The number of allylic oxidation sites excluding steroid dienone is 1. The summed E-state index contributed by atoms with van der Waals surface area (Å²) in [5, 5.41) is 0. The van der Waals surface area contributed by atoms with E-state index in [0.717, 1.165) is 24.8 Å². The summed E-state index contributed by atoms with van der Waals surface area (Å²) in [6.45, 7) is 10.0. The molecule has 0 amide bonds. The van der Waals surface area contributed by atoms with Crippen molar-refractivity contribution in [2.24, 2.45) is 5.92 Å². The lowest BCUT2D eigenvalue weighted by Crippen LogP contribution is -2.05. The Morgan fingerprint density at radius 2 is 2.00 bits per heavy atom. The fourth-order valence-corrected chi connectivity index (χ4v) is 1.04. The van der Waals surface area contributed by atoms with Gasteiger partial charge in [0.2, 0.25) is 0 Å². The van der Waals surface area contributed by atoms with E-state index in [4.69, 9.17) is 0 Å². The van der Waals surface area contributed by atoms with Gasteiger partial charge >= 0.3 is 0 Å². The largest absolute Gasteiger partial charge is 0.295 e. The van der Waals surface area contributed by atoms with Crippen LogP contribution in [0.2, 0.25) is 0 Å². The van der Waals surface area contributed by atoms with Crippen LogP contribution in [0.15, 0.2) is 12.2 Å². The molecule has 0 N–H and O–H groups in total. The molecule has 0 aliphatic rings. The highest BCUT2D eigenvalue weighted by molar-refractivity contribution is 5.94. The molecule has 0 unspecified atom stereocenters. The normalized spacial score (nSPS) is 10.3. The Kier molecular flexibility index (Phi) is 5.69. The fourth-order valence-electron chi connectivity index (χ4n) is 1.04. The molecule has 0 aromatic carbocycles. The van der Waals surface area contributed by atoms with Crippen LogP contribution in [0.5, 0.6) is 0 Å². The lowest BCUT2D eigenvalue weighted by Gasteiger charge is -2.05. The molecular weight excluding hydrogens is 148 g/mol. The third-order valence-corrected chi connectivity index (χ3v) is 1.82. The third-order valence-electron chi connectivity index (χ3n) is 1.82. The first-order valence-electron chi connectivity index (χ1n) is 4.78. The molecule has 0 aromatic rings. The average molecular weight is 168 g/mol. The van der Waals surface area contributed by atoms with Gasteiger partial charge in [-0.05, 0) is 24.3 Å². The van der Waals surface area contributed by atoms with Gasteiger partial charge in [0.15, 0.2) is 5.78 Å². The summed E-state index contributed by atoms with van der Waals surface area (Å²) in [7, 11) is 0. The van der Waals surface area contributed by atoms with Crippen molar-refractivity contribution < 1.29 is 4.79 Å². The molecular formula is C11H20O. The van der Waals surface area contributed by atoms with Gasteiger partial charge in [-0.25, -0.2) is 0 Å². The monoisotopic (exact) mass is 168 g/mol. The highest BCUT2D eigenvalue weighted by Gasteiger charge is 2.08. The Bertz CT molecular complexity index is 156. The van der Waals surface area contributed by atoms with Crippen molar-refractivity contribution in [3.05, 3.63) is 12.2 Å². The van der Waals surface area contributed by atoms with Crippen molar-refractivity contribution in [3.8, 4) is 0 Å². The Balaban J connectivity index is 3.70. The van der Waals surface area contributed by atoms with E-state index >= 15 is 0 Å². The van der Waals surface area contributed by atoms with Gasteiger partial charge in [-0.15, -0.1) is 0 Å². The fraction of sp³-hybridized carbons (Fsp3) is 0.727. The van der Waals surface area contributed by atoms with Gasteiger partial charge in [0, 0.05) is 6.42 Å². The van der Waals surface area contributed by atoms with Crippen LogP contribution in [-0.4, -0.2) is 5.78 Å². The summed E-state index contributed by atoms with van der Waals surface area (Å²) in [4.78, 5) is 11.4. The quantitative estimate of drug-likeness (QED) is 0.556. The smallest absolute Gasteiger partial charge is 0.158 e. The number of carbonyl (C=O) groups is 1. The number of hydrogen-bond donors (Lipinski definition) is 0. The van der Waals surface area contributed by atoms with Gasteiger partial charge in [-0.1, -0.05) is 33.8 Å². The van der Waals surface area contributed by atoms with Crippen molar-refractivity contribution in [1.82, 2.24) is 0 Å². The number of hydrogen-bond acceptors (Lipinski definition) is 1. The molecule has 0 saturated carbocycles. The number of Topliss-reactive ketones (excluding diaryl/α,β-unsaturated/α-hetero) is 1. The molecule has 0 aliphatic heterocycles. The Labute approximate surface area is 75.9 Å². The third kappa shape index (κ3) is 5.11. The van der Waals surface area contributed by atoms with E-state index in [9.17, 15) is 4.79 Å². The zero-order valence-electron chi connectivity index (χ0n) is 8.52. The van der Waals surface area contributed by atoms with Crippen LogP contribution in [0.25, 0.3) is 0 Å². The molecule has 0 heterocycles. The first-order valence-corrected chi connectivity index (χ1v) is 4.78. The SMILES string of the molecule is C=C(CCCC)C(=O)CC(C)C. The van der Waals surface area contributed by atoms with Crippen LogP contribution >= 0.6 is 0 Å². The van der Waals surface area contributed by atoms with Gasteiger partial charge in [0.05, 0.1) is 0 Å². The number of unbranched alkanes of at least 4 members (excludes halogenated alkanes) is 1. The van der Waals surface area contributed by atoms with Gasteiger partial charge < -0.3 is 0 Å². The number of ketones is 1. The molecule has 0 aliphatic carbocycles. The van der Waals surface area contributed by atoms with Gasteiger partial charge in [0.25, 0.3) is 0 Å². The summed E-state index contributed by atoms with van der Waals surface area (Å²) in [5.74, 6) is 0.703. The van der Waals surface area contributed by atoms with Gasteiger partial charge in [0.1, 0.15) is 0 Å². The second-order valence-corrected chi connectivity index (χ2v) is 3.73. The van der Waals surface area contributed by atoms with Crippen molar-refractivity contribution >= 4 is 5.78 Å². The molecule has 1 heteroatoms. The van der Waals surface area contributed by atoms with Crippen LogP contribution in [0.1, 0.15) is 46.5 Å². The molecule has 12 heavy (non-hydrogen) atoms. The molecule has 0 atom stereocenters. The molecule has 70 valence electrons. The summed E-state index contributed by atoms with van der Waals surface area (Å²) in [6, 6.07) is 0. The van der Waals surface area contributed by atoms with E-state index in [1.807, 2.05) is 0 Å². The zero-order chi connectivity index (χ0) is 9.56. The summed E-state index contributed by atoms with van der Waals surface area (Å²) in [5.41, 5.74) is 0.811. The molecule has 1 nitrogen and oxygen atoms in total. The van der Waals surface area contributed by atoms with E-state index in [-0.39, 0.29) is 5.78 Å². The van der Waals surface area contributed by atoms with E-state index < -0.39 is 0 Å². The maximum atomic E-state index is 11.4. The van der Waals surface area contributed by atoms with Crippen molar-refractivity contribution in [2.45, 2.75) is 46.5 Å². The van der Waals surface area contributed by atoms with Crippen molar-refractivity contribution in [2.75, 3.05) is 0 Å². The van der Waals surface area contributed by atoms with Crippen molar-refractivity contribution in [1.29, 1.82) is 0 Å². The minimum Gasteiger partial charge on any atom is -0.295 e. The van der Waals surface area contributed by atoms with E-state index in [2.05, 4.69) is 27.4 Å². The summed E-state index contributed by atoms with van der Waals surface area (Å²) in [6.07, 6.45) is 3.75. The second-order valence-electron chi connectivity index (χ2n) is 3.73. The molecule has 0 spiro atoms. The Morgan fingerprint density at radius 3 is 2.42 bits per heavy atom. The molecule has 0 saturated heterocycles. The lowest BCUT2D eigenvalue weighted by molar-refractivity contribution is -0.116. The maximum absolute atomic E-state index is 11.4. The topological polar surface area (TPSA) is 17.1 Å². The highest BCUT2D eigenvalue weighted by atomic mass is 16.1. The predicted octanol–water partition coefficient (Wildman–Crippen LogP) is 3.35. The average Bonchev–Trinajstić information content (AvgIpc) is 1.98. The first kappa shape index (κ1) is 11.4. The standard InChI is InChI=1S/C11H20O/c1-5-6-7-10(4)11(12)8-9(2)3/h9H,4-8H2,1-3H3. The summed E-state index contributed by atoms with van der Waals surface area (Å²) < 4.78 is 0. The van der Waals surface area contributed by atoms with Crippen LogP contribution in [0.3, 0.4) is 0 Å². The van der Waals surface area contributed by atoms with E-state index in [1.165, 1.54) is 0 Å². The Morgan fingerprint density at radius 1 is 1.42 bits per heavy atom. The molecule has 0 bridgehead atoms. The van der Waals surface area contributed by atoms with Gasteiger partial charge in [-0.3, -0.25) is 4.79 Å².